The van der Waals surface area contributed by atoms with Gasteiger partial charge in [-0.25, -0.2) is 0 Å². The maximum absolute atomic E-state index is 11.8. The predicted octanol–water partition coefficient (Wildman–Crippen LogP) is 2.07. The molecule has 1 aliphatic rings. The Hall–Kier alpha value is -1.59. The lowest BCUT2D eigenvalue weighted by Crippen LogP contribution is -2.48. The highest BCUT2D eigenvalue weighted by Gasteiger charge is 2.20. The van der Waals surface area contributed by atoms with Crippen molar-refractivity contribution in [3.05, 3.63) is 29.7 Å². The highest BCUT2D eigenvalue weighted by atomic mass is 16.5. The zero-order valence-corrected chi connectivity index (χ0v) is 13.7. The highest BCUT2D eigenvalue weighted by Crippen LogP contribution is 2.08. The van der Waals surface area contributed by atoms with Crippen LogP contribution in [0.2, 0.25) is 0 Å². The molecule has 0 radical (unpaired) electrons. The van der Waals surface area contributed by atoms with Crippen LogP contribution in [0.3, 0.4) is 0 Å². The summed E-state index contributed by atoms with van der Waals surface area (Å²) in [5, 5.41) is 2.88. The summed E-state index contributed by atoms with van der Waals surface area (Å²) in [4.78, 5) is 14.2. The van der Waals surface area contributed by atoms with Crippen LogP contribution in [0.4, 0.5) is 0 Å². The summed E-state index contributed by atoms with van der Waals surface area (Å²) in [7, 11) is 0. The third-order valence-electron chi connectivity index (χ3n) is 3.51. The molecule has 1 fully saturated rings. The van der Waals surface area contributed by atoms with E-state index in [9.17, 15) is 4.79 Å². The number of aryl methyl sites for hydroxylation is 1. The molecule has 1 unspecified atom stereocenters. The molecule has 0 aromatic carbocycles. The van der Waals surface area contributed by atoms with Crippen molar-refractivity contribution in [1.29, 1.82) is 0 Å². The van der Waals surface area contributed by atoms with Crippen LogP contribution >= 0.6 is 0 Å². The van der Waals surface area contributed by atoms with Crippen molar-refractivity contribution in [2.45, 2.75) is 26.9 Å². The monoisotopic (exact) mass is 306 g/mol. The highest BCUT2D eigenvalue weighted by molar-refractivity contribution is 5.91. The Labute approximate surface area is 132 Å². The second kappa shape index (κ2) is 8.15. The van der Waals surface area contributed by atoms with Crippen LogP contribution in [0.5, 0.6) is 0 Å². The van der Waals surface area contributed by atoms with E-state index in [2.05, 4.69) is 24.1 Å². The second-order valence-corrected chi connectivity index (χ2v) is 6.17. The Morgan fingerprint density at radius 2 is 2.32 bits per heavy atom. The molecule has 5 heteroatoms. The molecule has 1 amide bonds. The largest absolute Gasteiger partial charge is 0.462 e. The summed E-state index contributed by atoms with van der Waals surface area (Å²) >= 11 is 0. The van der Waals surface area contributed by atoms with Gasteiger partial charge in [0.15, 0.2) is 0 Å². The minimum Gasteiger partial charge on any atom is -0.462 e. The van der Waals surface area contributed by atoms with Crippen molar-refractivity contribution in [2.75, 3.05) is 32.8 Å². The lowest BCUT2D eigenvalue weighted by Gasteiger charge is -2.33. The lowest BCUT2D eigenvalue weighted by atomic mass is 10.2. The van der Waals surface area contributed by atoms with Crippen molar-refractivity contribution < 1.29 is 13.9 Å². The molecule has 5 nitrogen and oxygen atoms in total. The molecule has 22 heavy (non-hydrogen) atoms. The maximum atomic E-state index is 11.8. The topological polar surface area (TPSA) is 54.7 Å². The minimum atomic E-state index is -0.126. The van der Waals surface area contributed by atoms with Gasteiger partial charge in [0.1, 0.15) is 11.5 Å². The van der Waals surface area contributed by atoms with E-state index < -0.39 is 0 Å². The fourth-order valence-electron chi connectivity index (χ4n) is 2.56. The van der Waals surface area contributed by atoms with Crippen LogP contribution in [-0.4, -0.2) is 49.7 Å². The van der Waals surface area contributed by atoms with Gasteiger partial charge in [-0.2, -0.15) is 0 Å². The molecule has 1 atom stereocenters. The van der Waals surface area contributed by atoms with Crippen molar-refractivity contribution in [3.63, 3.8) is 0 Å². The maximum Gasteiger partial charge on any atom is 0.244 e. The number of nitrogens with one attached hydrogen (secondary N) is 1. The van der Waals surface area contributed by atoms with Crippen LogP contribution in [0.1, 0.15) is 25.4 Å². The number of ether oxygens (including phenoxy) is 1. The SMILES string of the molecule is Cc1ccc(/C=C/C(=O)NCC2CN(CC(C)C)CCO2)o1. The summed E-state index contributed by atoms with van der Waals surface area (Å²) in [6.07, 6.45) is 3.23. The summed E-state index contributed by atoms with van der Waals surface area (Å²) in [5.74, 6) is 2.04. The molecule has 122 valence electrons. The van der Waals surface area contributed by atoms with Gasteiger partial charge in [0.2, 0.25) is 5.91 Å². The Kier molecular flexibility index (Phi) is 6.21. The third kappa shape index (κ3) is 5.66. The first-order valence-electron chi connectivity index (χ1n) is 7.89. The molecule has 1 aromatic rings. The first-order chi connectivity index (χ1) is 10.5. The minimum absolute atomic E-state index is 0.0655. The Bertz CT molecular complexity index is 508. The molecule has 0 aliphatic carbocycles. The second-order valence-electron chi connectivity index (χ2n) is 6.17. The van der Waals surface area contributed by atoms with E-state index in [4.69, 9.17) is 9.15 Å². The van der Waals surface area contributed by atoms with Gasteiger partial charge in [-0.15, -0.1) is 0 Å². The van der Waals surface area contributed by atoms with Gasteiger partial charge in [0.05, 0.1) is 12.7 Å². The van der Waals surface area contributed by atoms with E-state index in [-0.39, 0.29) is 12.0 Å². The van der Waals surface area contributed by atoms with Gasteiger partial charge in [0, 0.05) is 32.3 Å². The summed E-state index contributed by atoms with van der Waals surface area (Å²) < 4.78 is 11.1. The van der Waals surface area contributed by atoms with Crippen LogP contribution in [0.25, 0.3) is 6.08 Å². The predicted molar refractivity (Wildman–Crippen MR) is 86.5 cm³/mol. The standard InChI is InChI=1S/C17H26N2O3/c1-13(2)11-19-8-9-21-16(12-19)10-18-17(20)7-6-15-5-4-14(3)22-15/h4-7,13,16H,8-12H2,1-3H3,(H,18,20)/b7-6+. The molecule has 1 aliphatic heterocycles. The molecule has 2 heterocycles. The van der Waals surface area contributed by atoms with E-state index in [1.54, 1.807) is 6.08 Å². The van der Waals surface area contributed by atoms with Crippen LogP contribution in [0, 0.1) is 12.8 Å². The number of nitrogens with zero attached hydrogens (tertiary/aromatic N) is 1. The fourth-order valence-corrected chi connectivity index (χ4v) is 2.56. The van der Waals surface area contributed by atoms with Crippen molar-refractivity contribution in [1.82, 2.24) is 10.2 Å². The molecule has 0 spiro atoms. The number of amides is 1. The third-order valence-corrected chi connectivity index (χ3v) is 3.51. The molecule has 2 rings (SSSR count). The quantitative estimate of drug-likeness (QED) is 0.818. The van der Waals surface area contributed by atoms with Crippen LogP contribution in [-0.2, 0) is 9.53 Å². The Morgan fingerprint density at radius 3 is 3.00 bits per heavy atom. The Balaban J connectivity index is 1.72. The first-order valence-corrected chi connectivity index (χ1v) is 7.89. The first kappa shape index (κ1) is 16.8. The van der Waals surface area contributed by atoms with Crippen molar-refractivity contribution in [3.8, 4) is 0 Å². The van der Waals surface area contributed by atoms with E-state index in [1.807, 2.05) is 19.1 Å². The normalized spacial score (nSPS) is 19.9. The smallest absolute Gasteiger partial charge is 0.244 e. The van der Waals surface area contributed by atoms with Gasteiger partial charge in [-0.1, -0.05) is 13.8 Å². The van der Waals surface area contributed by atoms with Crippen LogP contribution in [0.15, 0.2) is 22.6 Å². The molecule has 1 aromatic heterocycles. The molecule has 1 N–H and O–H groups in total. The zero-order chi connectivity index (χ0) is 15.9. The van der Waals surface area contributed by atoms with Crippen LogP contribution < -0.4 is 5.32 Å². The molecular weight excluding hydrogens is 280 g/mol. The van der Waals surface area contributed by atoms with Gasteiger partial charge in [-0.3, -0.25) is 9.69 Å². The lowest BCUT2D eigenvalue weighted by molar-refractivity contribution is -0.117. The van der Waals surface area contributed by atoms with Gasteiger partial charge in [-0.05, 0) is 31.1 Å². The van der Waals surface area contributed by atoms with E-state index in [0.717, 1.165) is 32.0 Å². The molecular formula is C17H26N2O3. The number of hydrogen-bond donors (Lipinski definition) is 1. The van der Waals surface area contributed by atoms with E-state index in [1.165, 1.54) is 6.08 Å². The number of hydrogen-bond acceptors (Lipinski definition) is 4. The molecule has 0 bridgehead atoms. The van der Waals surface area contributed by atoms with Gasteiger partial charge >= 0.3 is 0 Å². The number of rotatable bonds is 6. The summed E-state index contributed by atoms with van der Waals surface area (Å²) in [5.41, 5.74) is 0. The summed E-state index contributed by atoms with van der Waals surface area (Å²) in [6.45, 7) is 10.5. The van der Waals surface area contributed by atoms with E-state index in [0.29, 0.717) is 18.2 Å². The van der Waals surface area contributed by atoms with E-state index >= 15 is 0 Å². The van der Waals surface area contributed by atoms with Gasteiger partial charge < -0.3 is 14.5 Å². The fraction of sp³-hybridized carbons (Fsp3) is 0.588. The number of carbonyl (C=O) groups is 1. The van der Waals surface area contributed by atoms with Crippen molar-refractivity contribution >= 4 is 12.0 Å². The number of carbonyl (C=O) groups excluding carboxylic acids is 1. The number of furan rings is 1. The number of morpholine rings is 1. The molecule has 0 saturated carbocycles. The molecule has 1 saturated heterocycles. The Morgan fingerprint density at radius 1 is 1.50 bits per heavy atom. The van der Waals surface area contributed by atoms with Crippen molar-refractivity contribution in [2.24, 2.45) is 5.92 Å². The average Bonchev–Trinajstić information content (AvgIpc) is 2.88. The van der Waals surface area contributed by atoms with Gasteiger partial charge in [0.25, 0.3) is 0 Å². The zero-order valence-electron chi connectivity index (χ0n) is 13.7. The summed E-state index contributed by atoms with van der Waals surface area (Å²) in [6, 6.07) is 3.71. The average molecular weight is 306 g/mol.